The minimum atomic E-state index is -0.714. The summed E-state index contributed by atoms with van der Waals surface area (Å²) in [4.78, 5) is 26.3. The van der Waals surface area contributed by atoms with Gasteiger partial charge in [-0.05, 0) is 47.9 Å². The first-order chi connectivity index (χ1) is 12.4. The minimum Gasteiger partial charge on any atom is -0.352 e. The highest BCUT2D eigenvalue weighted by Gasteiger charge is 2.29. The van der Waals surface area contributed by atoms with Gasteiger partial charge in [0.2, 0.25) is 11.8 Å². The van der Waals surface area contributed by atoms with Gasteiger partial charge in [-0.2, -0.15) is 0 Å². The predicted molar refractivity (Wildman–Crippen MR) is 90.5 cm³/mol. The van der Waals surface area contributed by atoms with E-state index in [2.05, 4.69) is 20.8 Å². The molecule has 1 aliphatic carbocycles. The summed E-state index contributed by atoms with van der Waals surface area (Å²) in [6.45, 7) is 1.67. The number of nitrogens with one attached hydrogen (secondary N) is 1. The number of benzene rings is 1. The van der Waals surface area contributed by atoms with E-state index in [1.807, 2.05) is 0 Å². The van der Waals surface area contributed by atoms with Crippen LogP contribution in [0.3, 0.4) is 0 Å². The molecule has 26 heavy (non-hydrogen) atoms. The van der Waals surface area contributed by atoms with Crippen molar-refractivity contribution in [3.8, 4) is 0 Å². The minimum absolute atomic E-state index is 0.0313. The number of aromatic nitrogens is 4. The van der Waals surface area contributed by atoms with Gasteiger partial charge in [-0.3, -0.25) is 9.59 Å². The Balaban J connectivity index is 1.75. The molecule has 1 aromatic carbocycles. The zero-order valence-corrected chi connectivity index (χ0v) is 14.7. The average molecular weight is 360 g/mol. The first-order valence-electron chi connectivity index (χ1n) is 8.47. The van der Waals surface area contributed by atoms with Gasteiger partial charge in [0.1, 0.15) is 17.7 Å². The standard InChI is InChI=1S/C17H21FN6O2/c1-11-20-21-22-24(11)15(9-12-3-5-13(18)6-4-12)17(26)23(2)10-16(25)19-14-7-8-14/h3-6,14-15H,7-10H2,1-2H3,(H,19,25). The van der Waals surface area contributed by atoms with Crippen LogP contribution in [0.4, 0.5) is 4.39 Å². The van der Waals surface area contributed by atoms with E-state index in [0.717, 1.165) is 18.4 Å². The van der Waals surface area contributed by atoms with Crippen LogP contribution >= 0.6 is 0 Å². The highest BCUT2D eigenvalue weighted by molar-refractivity contribution is 5.86. The van der Waals surface area contributed by atoms with Gasteiger partial charge in [-0.15, -0.1) is 5.10 Å². The molecule has 0 bridgehead atoms. The SMILES string of the molecule is Cc1nnnn1C(Cc1ccc(F)cc1)C(=O)N(C)CC(=O)NC1CC1. The summed E-state index contributed by atoms with van der Waals surface area (Å²) in [5.74, 6) is -0.321. The van der Waals surface area contributed by atoms with E-state index in [1.165, 1.54) is 21.7 Å². The van der Waals surface area contributed by atoms with Gasteiger partial charge in [0.25, 0.3) is 0 Å². The van der Waals surface area contributed by atoms with Crippen LogP contribution in [-0.4, -0.2) is 56.6 Å². The van der Waals surface area contributed by atoms with Crippen molar-refractivity contribution in [1.82, 2.24) is 30.4 Å². The molecule has 2 aromatic rings. The zero-order valence-electron chi connectivity index (χ0n) is 14.7. The number of rotatable bonds is 7. The monoisotopic (exact) mass is 360 g/mol. The molecular weight excluding hydrogens is 339 g/mol. The van der Waals surface area contributed by atoms with Crippen LogP contribution in [0.15, 0.2) is 24.3 Å². The van der Waals surface area contributed by atoms with Crippen molar-refractivity contribution in [2.75, 3.05) is 13.6 Å². The molecule has 9 heteroatoms. The maximum absolute atomic E-state index is 13.1. The number of carbonyl (C=O) groups is 2. The van der Waals surface area contributed by atoms with E-state index in [0.29, 0.717) is 12.2 Å². The molecule has 0 saturated heterocycles. The molecule has 1 saturated carbocycles. The number of halogens is 1. The number of amides is 2. The van der Waals surface area contributed by atoms with Crippen LogP contribution in [0.2, 0.25) is 0 Å². The number of likely N-dealkylation sites (N-methyl/N-ethyl adjacent to an activating group) is 1. The summed E-state index contributed by atoms with van der Waals surface area (Å²) < 4.78 is 14.6. The van der Waals surface area contributed by atoms with E-state index >= 15 is 0 Å². The van der Waals surface area contributed by atoms with Crippen LogP contribution in [0.25, 0.3) is 0 Å². The Morgan fingerprint density at radius 1 is 1.35 bits per heavy atom. The van der Waals surface area contributed by atoms with Crippen LogP contribution in [-0.2, 0) is 16.0 Å². The van der Waals surface area contributed by atoms with Crippen LogP contribution in [0.1, 0.15) is 30.3 Å². The topological polar surface area (TPSA) is 93.0 Å². The van der Waals surface area contributed by atoms with E-state index < -0.39 is 6.04 Å². The van der Waals surface area contributed by atoms with Gasteiger partial charge in [0, 0.05) is 19.5 Å². The van der Waals surface area contributed by atoms with Gasteiger partial charge in [0.15, 0.2) is 0 Å². The normalized spacial score (nSPS) is 14.7. The van der Waals surface area contributed by atoms with Crippen molar-refractivity contribution < 1.29 is 14.0 Å². The highest BCUT2D eigenvalue weighted by Crippen LogP contribution is 2.19. The van der Waals surface area contributed by atoms with Gasteiger partial charge < -0.3 is 10.2 Å². The molecule has 1 fully saturated rings. The van der Waals surface area contributed by atoms with Gasteiger partial charge >= 0.3 is 0 Å². The van der Waals surface area contributed by atoms with Crippen molar-refractivity contribution >= 4 is 11.8 Å². The smallest absolute Gasteiger partial charge is 0.248 e. The van der Waals surface area contributed by atoms with Gasteiger partial charge in [0.05, 0.1) is 6.54 Å². The third-order valence-corrected chi connectivity index (χ3v) is 4.28. The van der Waals surface area contributed by atoms with Gasteiger partial charge in [-0.25, -0.2) is 9.07 Å². The number of carbonyl (C=O) groups excluding carboxylic acids is 2. The molecule has 0 radical (unpaired) electrons. The molecule has 1 aromatic heterocycles. The largest absolute Gasteiger partial charge is 0.352 e. The Kier molecular flexibility index (Phi) is 5.24. The van der Waals surface area contributed by atoms with Crippen molar-refractivity contribution in [3.63, 3.8) is 0 Å². The first kappa shape index (κ1) is 18.0. The van der Waals surface area contributed by atoms with Crippen molar-refractivity contribution in [3.05, 3.63) is 41.5 Å². The molecule has 1 aliphatic rings. The maximum Gasteiger partial charge on any atom is 0.248 e. The van der Waals surface area contributed by atoms with Crippen molar-refractivity contribution in [2.45, 2.75) is 38.3 Å². The number of hydrogen-bond donors (Lipinski definition) is 1. The van der Waals surface area contributed by atoms with E-state index in [9.17, 15) is 14.0 Å². The fraction of sp³-hybridized carbons (Fsp3) is 0.471. The molecule has 1 N–H and O–H groups in total. The summed E-state index contributed by atoms with van der Waals surface area (Å²) in [5, 5.41) is 14.2. The molecule has 2 amide bonds. The Bertz CT molecular complexity index is 787. The molecule has 0 aliphatic heterocycles. The lowest BCUT2D eigenvalue weighted by atomic mass is 10.0. The third-order valence-electron chi connectivity index (χ3n) is 4.28. The quantitative estimate of drug-likeness (QED) is 0.782. The second-order valence-electron chi connectivity index (χ2n) is 6.55. The van der Waals surface area contributed by atoms with Crippen LogP contribution in [0, 0.1) is 12.7 Å². The lowest BCUT2D eigenvalue weighted by Crippen LogP contribution is -2.43. The zero-order chi connectivity index (χ0) is 18.7. The second kappa shape index (κ2) is 7.59. The molecular formula is C17H21FN6O2. The Morgan fingerprint density at radius 3 is 2.62 bits per heavy atom. The lowest BCUT2D eigenvalue weighted by molar-refractivity contribution is -0.137. The van der Waals surface area contributed by atoms with E-state index in [4.69, 9.17) is 0 Å². The third kappa shape index (κ3) is 4.41. The number of aryl methyl sites for hydroxylation is 1. The summed E-state index contributed by atoms with van der Waals surface area (Å²) in [7, 11) is 1.58. The van der Waals surface area contributed by atoms with Crippen LogP contribution < -0.4 is 5.32 Å². The Morgan fingerprint density at radius 2 is 2.04 bits per heavy atom. The van der Waals surface area contributed by atoms with Crippen molar-refractivity contribution in [2.24, 2.45) is 0 Å². The maximum atomic E-state index is 13.1. The molecule has 0 spiro atoms. The average Bonchev–Trinajstić information content (AvgIpc) is 3.32. The molecule has 3 rings (SSSR count). The number of tetrazole rings is 1. The summed E-state index contributed by atoms with van der Waals surface area (Å²) in [6, 6.07) is 5.45. The first-order valence-corrected chi connectivity index (χ1v) is 8.47. The van der Waals surface area contributed by atoms with E-state index in [-0.39, 0.29) is 30.2 Å². The Labute approximate surface area is 150 Å². The molecule has 138 valence electrons. The Hall–Kier alpha value is -2.84. The van der Waals surface area contributed by atoms with Gasteiger partial charge in [-0.1, -0.05) is 12.1 Å². The van der Waals surface area contributed by atoms with Crippen LogP contribution in [0.5, 0.6) is 0 Å². The molecule has 1 heterocycles. The highest BCUT2D eigenvalue weighted by atomic mass is 19.1. The van der Waals surface area contributed by atoms with Crippen molar-refractivity contribution in [1.29, 1.82) is 0 Å². The fourth-order valence-corrected chi connectivity index (χ4v) is 2.70. The summed E-state index contributed by atoms with van der Waals surface area (Å²) in [6.07, 6.45) is 2.26. The summed E-state index contributed by atoms with van der Waals surface area (Å²) in [5.41, 5.74) is 0.774. The molecule has 1 unspecified atom stereocenters. The molecule has 8 nitrogen and oxygen atoms in total. The number of hydrogen-bond acceptors (Lipinski definition) is 5. The summed E-state index contributed by atoms with van der Waals surface area (Å²) >= 11 is 0. The fourth-order valence-electron chi connectivity index (χ4n) is 2.70. The second-order valence-corrected chi connectivity index (χ2v) is 6.55. The number of nitrogens with zero attached hydrogens (tertiary/aromatic N) is 5. The van der Waals surface area contributed by atoms with E-state index in [1.54, 1.807) is 26.1 Å². The predicted octanol–water partition coefficient (Wildman–Crippen LogP) is 0.641. The lowest BCUT2D eigenvalue weighted by Gasteiger charge is -2.24. The molecule has 1 atom stereocenters.